The second kappa shape index (κ2) is 5.50. The monoisotopic (exact) mass is 274 g/mol. The number of rotatable bonds is 8. The number of halogens is 1. The van der Waals surface area contributed by atoms with Gasteiger partial charge in [-0.2, -0.15) is 0 Å². The van der Waals surface area contributed by atoms with Crippen molar-refractivity contribution >= 4 is 0 Å². The molecule has 0 heterocycles. The SMILES string of the molecule is CCCCCCCCC12CC(c3ccc(F)cc3)(C1)C2. The molecule has 1 aromatic carbocycles. The quantitative estimate of drug-likeness (QED) is 0.510. The molecule has 20 heavy (non-hydrogen) atoms. The third-order valence-electron chi connectivity index (χ3n) is 5.66. The lowest BCUT2D eigenvalue weighted by Crippen LogP contribution is -2.64. The summed E-state index contributed by atoms with van der Waals surface area (Å²) in [6.07, 6.45) is 13.9. The standard InChI is InChI=1S/C19H27F/c1-2-3-4-5-6-7-12-18-13-19(14-18,15-18)16-8-10-17(20)11-9-16/h8-11H,2-7,12-15H2,1H3. The molecule has 0 N–H and O–H groups in total. The van der Waals surface area contributed by atoms with E-state index in [9.17, 15) is 4.39 Å². The number of hydrogen-bond acceptors (Lipinski definition) is 0. The average molecular weight is 274 g/mol. The Morgan fingerprint density at radius 2 is 1.50 bits per heavy atom. The highest BCUT2D eigenvalue weighted by molar-refractivity contribution is 5.38. The van der Waals surface area contributed by atoms with Crippen molar-refractivity contribution in [3.8, 4) is 0 Å². The Balaban J connectivity index is 1.39. The normalized spacial score (nSPS) is 30.7. The fraction of sp³-hybridized carbons (Fsp3) is 0.684. The smallest absolute Gasteiger partial charge is 0.123 e. The molecule has 0 saturated heterocycles. The third-order valence-corrected chi connectivity index (χ3v) is 5.66. The summed E-state index contributed by atoms with van der Waals surface area (Å²) in [6, 6.07) is 7.25. The van der Waals surface area contributed by atoms with E-state index in [2.05, 4.69) is 6.92 Å². The Hall–Kier alpha value is -0.850. The fourth-order valence-corrected chi connectivity index (χ4v) is 4.65. The second-order valence-corrected chi connectivity index (χ2v) is 7.34. The molecule has 3 fully saturated rings. The molecule has 0 atom stereocenters. The summed E-state index contributed by atoms with van der Waals surface area (Å²) >= 11 is 0. The highest BCUT2D eigenvalue weighted by atomic mass is 19.1. The predicted octanol–water partition coefficient (Wildman–Crippen LogP) is 6.00. The first kappa shape index (κ1) is 14.1. The van der Waals surface area contributed by atoms with Crippen LogP contribution in [0, 0.1) is 11.2 Å². The van der Waals surface area contributed by atoms with Crippen molar-refractivity contribution in [3.63, 3.8) is 0 Å². The van der Waals surface area contributed by atoms with Crippen molar-refractivity contribution in [1.29, 1.82) is 0 Å². The van der Waals surface area contributed by atoms with E-state index in [0.29, 0.717) is 10.8 Å². The minimum Gasteiger partial charge on any atom is -0.207 e. The molecule has 1 aromatic rings. The van der Waals surface area contributed by atoms with Crippen molar-refractivity contribution in [3.05, 3.63) is 35.6 Å². The van der Waals surface area contributed by atoms with Crippen molar-refractivity contribution in [1.82, 2.24) is 0 Å². The van der Waals surface area contributed by atoms with E-state index in [1.807, 2.05) is 12.1 Å². The largest absolute Gasteiger partial charge is 0.207 e. The van der Waals surface area contributed by atoms with E-state index in [-0.39, 0.29) is 5.82 Å². The Morgan fingerprint density at radius 1 is 0.900 bits per heavy atom. The van der Waals surface area contributed by atoms with Gasteiger partial charge in [0.05, 0.1) is 0 Å². The van der Waals surface area contributed by atoms with Crippen LogP contribution >= 0.6 is 0 Å². The van der Waals surface area contributed by atoms with Crippen molar-refractivity contribution < 1.29 is 4.39 Å². The summed E-state index contributed by atoms with van der Waals surface area (Å²) in [5, 5.41) is 0. The summed E-state index contributed by atoms with van der Waals surface area (Å²) < 4.78 is 13.0. The van der Waals surface area contributed by atoms with Gasteiger partial charge in [-0.05, 0) is 54.2 Å². The Morgan fingerprint density at radius 3 is 2.15 bits per heavy atom. The fourth-order valence-electron chi connectivity index (χ4n) is 4.65. The first-order chi connectivity index (χ1) is 9.68. The lowest BCUT2D eigenvalue weighted by atomic mass is 9.32. The van der Waals surface area contributed by atoms with Crippen molar-refractivity contribution in [2.24, 2.45) is 5.41 Å². The zero-order valence-corrected chi connectivity index (χ0v) is 12.8. The van der Waals surface area contributed by atoms with Gasteiger partial charge in [0.15, 0.2) is 0 Å². The van der Waals surface area contributed by atoms with Crippen LogP contribution in [-0.2, 0) is 5.41 Å². The van der Waals surface area contributed by atoms with E-state index >= 15 is 0 Å². The first-order valence-electron chi connectivity index (χ1n) is 8.44. The van der Waals surface area contributed by atoms with Gasteiger partial charge in [0.25, 0.3) is 0 Å². The summed E-state index contributed by atoms with van der Waals surface area (Å²) in [5.74, 6) is -0.109. The molecule has 1 heteroatoms. The van der Waals surface area contributed by atoms with Crippen LogP contribution in [0.5, 0.6) is 0 Å². The van der Waals surface area contributed by atoms with Crippen LogP contribution in [0.4, 0.5) is 4.39 Å². The summed E-state index contributed by atoms with van der Waals surface area (Å²) in [4.78, 5) is 0. The Labute approximate surface area is 122 Å². The molecule has 0 nitrogen and oxygen atoms in total. The van der Waals surface area contributed by atoms with Crippen molar-refractivity contribution in [2.45, 2.75) is 76.5 Å². The Bertz CT molecular complexity index is 426. The van der Waals surface area contributed by atoms with E-state index < -0.39 is 0 Å². The molecule has 0 amide bonds. The van der Waals surface area contributed by atoms with Gasteiger partial charge in [-0.25, -0.2) is 4.39 Å². The highest BCUT2D eigenvalue weighted by Crippen LogP contribution is 2.75. The minimum absolute atomic E-state index is 0.109. The van der Waals surface area contributed by atoms with Gasteiger partial charge in [0.1, 0.15) is 5.82 Å². The van der Waals surface area contributed by atoms with E-state index in [1.165, 1.54) is 69.8 Å². The first-order valence-corrected chi connectivity index (χ1v) is 8.44. The van der Waals surface area contributed by atoms with Gasteiger partial charge >= 0.3 is 0 Å². The van der Waals surface area contributed by atoms with Gasteiger partial charge < -0.3 is 0 Å². The van der Waals surface area contributed by atoms with Crippen LogP contribution in [0.15, 0.2) is 24.3 Å². The third kappa shape index (κ3) is 2.52. The van der Waals surface area contributed by atoms with E-state index in [1.54, 1.807) is 12.1 Å². The van der Waals surface area contributed by atoms with E-state index in [0.717, 1.165) is 0 Å². The predicted molar refractivity (Wildman–Crippen MR) is 82.4 cm³/mol. The zero-order chi connectivity index (χ0) is 14.1. The summed E-state index contributed by atoms with van der Waals surface area (Å²) in [5.41, 5.74) is 2.50. The molecule has 3 aliphatic carbocycles. The number of hydrogen-bond donors (Lipinski definition) is 0. The topological polar surface area (TPSA) is 0 Å². The maximum atomic E-state index is 13.0. The molecule has 0 spiro atoms. The number of benzene rings is 1. The second-order valence-electron chi connectivity index (χ2n) is 7.34. The minimum atomic E-state index is -0.109. The van der Waals surface area contributed by atoms with Crippen LogP contribution in [-0.4, -0.2) is 0 Å². The van der Waals surface area contributed by atoms with Crippen LogP contribution < -0.4 is 0 Å². The van der Waals surface area contributed by atoms with Gasteiger partial charge in [-0.1, -0.05) is 57.6 Å². The van der Waals surface area contributed by atoms with Gasteiger partial charge in [-0.3, -0.25) is 0 Å². The van der Waals surface area contributed by atoms with Gasteiger partial charge in [0.2, 0.25) is 0 Å². The molecular weight excluding hydrogens is 247 g/mol. The lowest BCUT2D eigenvalue weighted by Gasteiger charge is -2.72. The zero-order valence-electron chi connectivity index (χ0n) is 12.8. The Kier molecular flexibility index (Phi) is 3.88. The number of unbranched alkanes of at least 4 members (excludes halogenated alkanes) is 5. The van der Waals surface area contributed by atoms with Gasteiger partial charge in [0, 0.05) is 0 Å². The lowest BCUT2D eigenvalue weighted by molar-refractivity contribution is -0.147. The molecule has 0 unspecified atom stereocenters. The molecule has 3 saturated carbocycles. The highest BCUT2D eigenvalue weighted by Gasteiger charge is 2.67. The molecule has 110 valence electrons. The van der Waals surface area contributed by atoms with Crippen LogP contribution in [0.1, 0.15) is 76.7 Å². The summed E-state index contributed by atoms with van der Waals surface area (Å²) in [6.45, 7) is 2.27. The molecule has 4 rings (SSSR count). The maximum absolute atomic E-state index is 13.0. The van der Waals surface area contributed by atoms with Crippen LogP contribution in [0.2, 0.25) is 0 Å². The van der Waals surface area contributed by atoms with Crippen molar-refractivity contribution in [2.75, 3.05) is 0 Å². The molecule has 0 aromatic heterocycles. The maximum Gasteiger partial charge on any atom is 0.123 e. The average Bonchev–Trinajstić information content (AvgIpc) is 2.36. The molecular formula is C19H27F. The van der Waals surface area contributed by atoms with E-state index in [4.69, 9.17) is 0 Å². The molecule has 3 aliphatic rings. The summed E-state index contributed by atoms with van der Waals surface area (Å²) in [7, 11) is 0. The molecule has 0 radical (unpaired) electrons. The van der Waals surface area contributed by atoms with Crippen LogP contribution in [0.25, 0.3) is 0 Å². The molecule has 2 bridgehead atoms. The van der Waals surface area contributed by atoms with Gasteiger partial charge in [-0.15, -0.1) is 0 Å². The van der Waals surface area contributed by atoms with Crippen LogP contribution in [0.3, 0.4) is 0 Å². The molecule has 0 aliphatic heterocycles.